The van der Waals surface area contributed by atoms with E-state index in [1.807, 2.05) is 17.3 Å². The molecular formula is C14H21N7OS. The molecule has 0 aliphatic carbocycles. The van der Waals surface area contributed by atoms with Crippen molar-refractivity contribution in [2.45, 2.75) is 12.6 Å². The SMILES string of the molecule is CNc1nc(CN2CCN(c3nccc(N)n3)C[C@@H](O)C2)cs1. The molecule has 0 unspecified atom stereocenters. The summed E-state index contributed by atoms with van der Waals surface area (Å²) in [6.45, 7) is 3.37. The minimum Gasteiger partial charge on any atom is -0.390 e. The molecule has 0 radical (unpaired) electrons. The average molecular weight is 335 g/mol. The van der Waals surface area contributed by atoms with Crippen molar-refractivity contribution in [3.63, 3.8) is 0 Å². The number of aromatic nitrogens is 3. The maximum Gasteiger partial charge on any atom is 0.227 e. The van der Waals surface area contributed by atoms with Crippen LogP contribution in [-0.4, -0.2) is 64.3 Å². The Labute approximate surface area is 139 Å². The molecule has 3 rings (SSSR count). The van der Waals surface area contributed by atoms with Gasteiger partial charge in [0, 0.05) is 51.3 Å². The van der Waals surface area contributed by atoms with Gasteiger partial charge in [0.1, 0.15) is 5.82 Å². The minimum atomic E-state index is -0.468. The Morgan fingerprint density at radius 1 is 1.39 bits per heavy atom. The maximum atomic E-state index is 10.3. The summed E-state index contributed by atoms with van der Waals surface area (Å²) in [6, 6.07) is 1.66. The zero-order valence-corrected chi connectivity index (χ0v) is 13.8. The lowest BCUT2D eigenvalue weighted by atomic mass is 10.3. The van der Waals surface area contributed by atoms with Crippen LogP contribution < -0.4 is 16.0 Å². The molecule has 2 aromatic rings. The first-order valence-corrected chi connectivity index (χ1v) is 8.38. The third-order valence-electron chi connectivity index (χ3n) is 3.68. The molecule has 0 bridgehead atoms. The summed E-state index contributed by atoms with van der Waals surface area (Å²) >= 11 is 1.59. The van der Waals surface area contributed by atoms with Crippen LogP contribution in [0.3, 0.4) is 0 Å². The molecule has 23 heavy (non-hydrogen) atoms. The van der Waals surface area contributed by atoms with Crippen LogP contribution in [0, 0.1) is 0 Å². The van der Waals surface area contributed by atoms with Gasteiger partial charge in [0.15, 0.2) is 5.13 Å². The molecule has 0 saturated carbocycles. The number of rotatable bonds is 4. The second-order valence-electron chi connectivity index (χ2n) is 5.51. The Morgan fingerprint density at radius 3 is 3.00 bits per heavy atom. The Morgan fingerprint density at radius 2 is 2.26 bits per heavy atom. The van der Waals surface area contributed by atoms with Gasteiger partial charge in [-0.2, -0.15) is 4.98 Å². The van der Waals surface area contributed by atoms with Gasteiger partial charge >= 0.3 is 0 Å². The lowest BCUT2D eigenvalue weighted by Gasteiger charge is -2.21. The first kappa shape index (κ1) is 15.9. The van der Waals surface area contributed by atoms with E-state index >= 15 is 0 Å². The molecule has 4 N–H and O–H groups in total. The van der Waals surface area contributed by atoms with Crippen molar-refractivity contribution in [2.24, 2.45) is 0 Å². The van der Waals surface area contributed by atoms with Gasteiger partial charge in [0.25, 0.3) is 0 Å². The van der Waals surface area contributed by atoms with Crippen LogP contribution in [0.5, 0.6) is 0 Å². The minimum absolute atomic E-state index is 0.438. The van der Waals surface area contributed by atoms with Gasteiger partial charge in [-0.05, 0) is 6.07 Å². The van der Waals surface area contributed by atoms with Crippen LogP contribution in [0.2, 0.25) is 0 Å². The highest BCUT2D eigenvalue weighted by atomic mass is 32.1. The molecule has 2 aromatic heterocycles. The molecular weight excluding hydrogens is 314 g/mol. The second-order valence-corrected chi connectivity index (χ2v) is 6.37. The topological polar surface area (TPSA) is 103 Å². The van der Waals surface area contributed by atoms with E-state index in [0.717, 1.165) is 30.5 Å². The fourth-order valence-electron chi connectivity index (χ4n) is 2.62. The summed E-state index contributed by atoms with van der Waals surface area (Å²) in [5.41, 5.74) is 6.73. The third kappa shape index (κ3) is 4.06. The number of anilines is 3. The molecule has 9 heteroatoms. The predicted octanol–water partition coefficient (Wildman–Crippen LogP) is 0.240. The van der Waals surface area contributed by atoms with Crippen molar-refractivity contribution in [2.75, 3.05) is 49.2 Å². The maximum absolute atomic E-state index is 10.3. The molecule has 1 fully saturated rings. The zero-order chi connectivity index (χ0) is 16.2. The van der Waals surface area contributed by atoms with E-state index in [4.69, 9.17) is 5.73 Å². The number of β-amino-alcohol motifs (C(OH)–C–C–N with tert-alkyl or cyclic N) is 1. The van der Waals surface area contributed by atoms with Crippen LogP contribution in [0.25, 0.3) is 0 Å². The van der Waals surface area contributed by atoms with Crippen molar-refractivity contribution in [1.82, 2.24) is 19.9 Å². The van der Waals surface area contributed by atoms with Crippen molar-refractivity contribution >= 4 is 28.2 Å². The summed E-state index contributed by atoms with van der Waals surface area (Å²) < 4.78 is 0. The van der Waals surface area contributed by atoms with Crippen LogP contribution >= 0.6 is 11.3 Å². The number of thiazole rings is 1. The van der Waals surface area contributed by atoms with Gasteiger partial charge in [0.2, 0.25) is 5.95 Å². The van der Waals surface area contributed by atoms with E-state index in [9.17, 15) is 5.11 Å². The first-order valence-electron chi connectivity index (χ1n) is 7.50. The van der Waals surface area contributed by atoms with E-state index < -0.39 is 6.10 Å². The highest BCUT2D eigenvalue weighted by Gasteiger charge is 2.23. The quantitative estimate of drug-likeness (QED) is 0.730. The summed E-state index contributed by atoms with van der Waals surface area (Å²) in [7, 11) is 1.86. The number of nitrogens with one attached hydrogen (secondary N) is 1. The predicted molar refractivity (Wildman–Crippen MR) is 91.6 cm³/mol. The smallest absolute Gasteiger partial charge is 0.227 e. The molecule has 124 valence electrons. The molecule has 0 amide bonds. The summed E-state index contributed by atoms with van der Waals surface area (Å²) in [5, 5.41) is 16.3. The Hall–Kier alpha value is -1.97. The number of nitrogens with zero attached hydrogens (tertiary/aromatic N) is 5. The monoisotopic (exact) mass is 335 g/mol. The summed E-state index contributed by atoms with van der Waals surface area (Å²) in [5.74, 6) is 1.00. The van der Waals surface area contributed by atoms with Gasteiger partial charge in [-0.25, -0.2) is 9.97 Å². The van der Waals surface area contributed by atoms with Crippen LogP contribution in [0.4, 0.5) is 16.9 Å². The second kappa shape index (κ2) is 7.07. The third-order valence-corrected chi connectivity index (χ3v) is 4.59. The number of aliphatic hydroxyl groups is 1. The fourth-order valence-corrected chi connectivity index (χ4v) is 3.28. The van der Waals surface area contributed by atoms with Crippen LogP contribution in [0.1, 0.15) is 5.69 Å². The molecule has 1 aliphatic heterocycles. The number of nitrogen functional groups attached to an aromatic ring is 1. The standard InChI is InChI=1S/C14H21N7OS/c1-16-14-18-10(9-23-14)6-20-4-5-21(8-11(22)7-20)13-17-3-2-12(15)19-13/h2-3,9,11,22H,4-8H2,1H3,(H,16,18)(H2,15,17,19)/t11-/m0/s1. The van der Waals surface area contributed by atoms with Crippen LogP contribution in [0.15, 0.2) is 17.6 Å². The first-order chi connectivity index (χ1) is 11.1. The number of hydrogen-bond acceptors (Lipinski definition) is 9. The molecule has 8 nitrogen and oxygen atoms in total. The molecule has 1 atom stereocenters. The van der Waals surface area contributed by atoms with E-state index in [1.54, 1.807) is 23.6 Å². The Kier molecular flexibility index (Phi) is 4.89. The number of nitrogens with two attached hydrogens (primary N) is 1. The van der Waals surface area contributed by atoms with Gasteiger partial charge in [-0.1, -0.05) is 0 Å². The van der Waals surface area contributed by atoms with Gasteiger partial charge in [-0.3, -0.25) is 4.90 Å². The molecule has 3 heterocycles. The summed E-state index contributed by atoms with van der Waals surface area (Å²) in [6.07, 6.45) is 1.17. The Balaban J connectivity index is 1.65. The average Bonchev–Trinajstić information content (AvgIpc) is 2.90. The van der Waals surface area contributed by atoms with E-state index in [-0.39, 0.29) is 0 Å². The molecule has 0 spiro atoms. The Bertz CT molecular complexity index is 650. The zero-order valence-electron chi connectivity index (χ0n) is 13.0. The largest absolute Gasteiger partial charge is 0.390 e. The van der Waals surface area contributed by atoms with Crippen molar-refractivity contribution < 1.29 is 5.11 Å². The molecule has 1 saturated heterocycles. The van der Waals surface area contributed by atoms with Crippen molar-refractivity contribution in [3.05, 3.63) is 23.3 Å². The lowest BCUT2D eigenvalue weighted by Crippen LogP contribution is -2.34. The van der Waals surface area contributed by atoms with Gasteiger partial charge < -0.3 is 21.1 Å². The van der Waals surface area contributed by atoms with E-state index in [0.29, 0.717) is 24.9 Å². The molecule has 1 aliphatic rings. The van der Waals surface area contributed by atoms with E-state index in [2.05, 4.69) is 25.2 Å². The number of aliphatic hydroxyl groups excluding tert-OH is 1. The van der Waals surface area contributed by atoms with Gasteiger partial charge in [0.05, 0.1) is 11.8 Å². The highest BCUT2D eigenvalue weighted by Crippen LogP contribution is 2.18. The fraction of sp³-hybridized carbons (Fsp3) is 0.500. The summed E-state index contributed by atoms with van der Waals surface area (Å²) in [4.78, 5) is 17.2. The van der Waals surface area contributed by atoms with E-state index in [1.165, 1.54) is 0 Å². The van der Waals surface area contributed by atoms with Crippen molar-refractivity contribution in [3.8, 4) is 0 Å². The number of hydrogen-bond donors (Lipinski definition) is 3. The normalized spacial score (nSPS) is 19.6. The molecule has 0 aromatic carbocycles. The lowest BCUT2D eigenvalue weighted by molar-refractivity contribution is 0.128. The van der Waals surface area contributed by atoms with Gasteiger partial charge in [-0.15, -0.1) is 11.3 Å². The highest BCUT2D eigenvalue weighted by molar-refractivity contribution is 7.13. The van der Waals surface area contributed by atoms with Crippen molar-refractivity contribution in [1.29, 1.82) is 0 Å². The van der Waals surface area contributed by atoms with Crippen LogP contribution in [-0.2, 0) is 6.54 Å².